The Morgan fingerprint density at radius 3 is 2.76 bits per heavy atom. The molecule has 0 fully saturated rings. The Morgan fingerprint density at radius 2 is 2.10 bits per heavy atom. The summed E-state index contributed by atoms with van der Waals surface area (Å²) in [6.45, 7) is 1.54. The monoisotopic (exact) mass is 312 g/mol. The van der Waals surface area contributed by atoms with Crippen molar-refractivity contribution in [3.63, 3.8) is 0 Å². The van der Waals surface area contributed by atoms with Gasteiger partial charge in [-0.25, -0.2) is 9.52 Å². The molecule has 0 aliphatic carbocycles. The molecule has 0 aliphatic rings. The van der Waals surface area contributed by atoms with Crippen molar-refractivity contribution in [1.82, 2.24) is 4.72 Å². The van der Waals surface area contributed by atoms with E-state index >= 15 is 0 Å². The van der Waals surface area contributed by atoms with Gasteiger partial charge in [-0.15, -0.1) is 0 Å². The van der Waals surface area contributed by atoms with Crippen molar-refractivity contribution in [3.8, 4) is 11.8 Å². The molecule has 0 aromatic heterocycles. The summed E-state index contributed by atoms with van der Waals surface area (Å²) in [4.78, 5) is 11.1. The van der Waals surface area contributed by atoms with Gasteiger partial charge in [0.25, 0.3) is 0 Å². The van der Waals surface area contributed by atoms with Crippen molar-refractivity contribution in [2.45, 2.75) is 13.3 Å². The van der Waals surface area contributed by atoms with E-state index in [1.54, 1.807) is 29.8 Å². The molecule has 0 saturated heterocycles. The van der Waals surface area contributed by atoms with Gasteiger partial charge in [0.1, 0.15) is 0 Å². The van der Waals surface area contributed by atoms with Crippen LogP contribution in [0.15, 0.2) is 24.3 Å². The molecule has 114 valence electrons. The maximum Gasteiger partial charge on any atom is 0.422 e. The van der Waals surface area contributed by atoms with Crippen LogP contribution in [0.5, 0.6) is 0 Å². The summed E-state index contributed by atoms with van der Waals surface area (Å²) in [5.41, 5.74) is 0.653. The number of hydrogen-bond acceptors (Lipinski definition) is 5. The van der Waals surface area contributed by atoms with Crippen LogP contribution in [0, 0.1) is 11.8 Å². The molecule has 1 amide bonds. The van der Waals surface area contributed by atoms with Crippen molar-refractivity contribution < 1.29 is 23.1 Å². The summed E-state index contributed by atoms with van der Waals surface area (Å²) >= 11 is 0. The minimum Gasteiger partial charge on any atom is -0.449 e. The highest BCUT2D eigenvalue weighted by atomic mass is 32.2. The first-order valence-corrected chi connectivity index (χ1v) is 7.63. The average Bonchev–Trinajstić information content (AvgIpc) is 2.40. The van der Waals surface area contributed by atoms with Crippen molar-refractivity contribution >= 4 is 22.0 Å². The third kappa shape index (κ3) is 6.16. The van der Waals surface area contributed by atoms with Crippen LogP contribution in [0.1, 0.15) is 18.9 Å². The first kappa shape index (κ1) is 16.8. The van der Waals surface area contributed by atoms with Crippen molar-refractivity contribution in [2.75, 3.05) is 17.9 Å². The topological polar surface area (TPSA) is 105 Å². The number of ether oxygens (including phenoxy) is 1. The van der Waals surface area contributed by atoms with E-state index in [-0.39, 0.29) is 25.3 Å². The smallest absolute Gasteiger partial charge is 0.422 e. The number of amides is 1. The molecule has 1 aromatic rings. The number of anilines is 1. The average molecular weight is 312 g/mol. The maximum absolute atomic E-state index is 11.8. The second-order valence-corrected chi connectivity index (χ2v) is 5.16. The number of rotatable bonds is 5. The molecular formula is C13H16N2O5S. The Morgan fingerprint density at radius 1 is 1.38 bits per heavy atom. The molecule has 1 rings (SSSR count). The van der Waals surface area contributed by atoms with Crippen molar-refractivity contribution in [2.24, 2.45) is 0 Å². The molecule has 0 spiro atoms. The predicted molar refractivity (Wildman–Crippen MR) is 77.7 cm³/mol. The Bertz CT molecular complexity index is 646. The van der Waals surface area contributed by atoms with Gasteiger partial charge in [0.15, 0.2) is 0 Å². The predicted octanol–water partition coefficient (Wildman–Crippen LogP) is 0.823. The lowest BCUT2D eigenvalue weighted by molar-refractivity contribution is 0.159. The number of para-hydroxylation sites is 1. The van der Waals surface area contributed by atoms with E-state index in [0.29, 0.717) is 5.56 Å². The molecule has 1 aromatic carbocycles. The molecule has 0 unspecified atom stereocenters. The highest BCUT2D eigenvalue weighted by Crippen LogP contribution is 2.14. The SMILES string of the molecule is CCOC(=O)NS(=O)(=O)Nc1ccccc1C#CCCO. The second-order valence-electron chi connectivity index (χ2n) is 3.75. The fourth-order valence-corrected chi connectivity index (χ4v) is 2.13. The standard InChI is InChI=1S/C13H16N2O5S/c1-2-20-13(17)15-21(18,19)14-12-9-4-3-7-11(12)8-5-6-10-16/h3-4,7,9,14,16H,2,6,10H2,1H3,(H,15,17). The number of aliphatic hydroxyl groups is 1. The van der Waals surface area contributed by atoms with Crippen molar-refractivity contribution in [3.05, 3.63) is 29.8 Å². The molecule has 21 heavy (non-hydrogen) atoms. The van der Waals surface area contributed by atoms with Gasteiger partial charge in [-0.2, -0.15) is 8.42 Å². The largest absolute Gasteiger partial charge is 0.449 e. The van der Waals surface area contributed by atoms with E-state index in [1.165, 1.54) is 6.07 Å². The van der Waals surface area contributed by atoms with Gasteiger partial charge in [-0.3, -0.25) is 4.72 Å². The first-order valence-electron chi connectivity index (χ1n) is 6.14. The minimum atomic E-state index is -4.10. The van der Waals surface area contributed by atoms with Gasteiger partial charge >= 0.3 is 16.3 Å². The molecule has 0 atom stereocenters. The van der Waals surface area contributed by atoms with E-state index in [9.17, 15) is 13.2 Å². The summed E-state index contributed by atoms with van der Waals surface area (Å²) < 4.78 is 31.9. The third-order valence-corrected chi connectivity index (χ3v) is 3.05. The summed E-state index contributed by atoms with van der Waals surface area (Å²) in [7, 11) is -4.10. The van der Waals surface area contributed by atoms with E-state index in [4.69, 9.17) is 5.11 Å². The fourth-order valence-electron chi connectivity index (χ4n) is 1.34. The van der Waals surface area contributed by atoms with Gasteiger partial charge in [0.2, 0.25) is 0 Å². The van der Waals surface area contributed by atoms with Gasteiger partial charge in [0.05, 0.1) is 18.9 Å². The van der Waals surface area contributed by atoms with Crippen LogP contribution in [0.3, 0.4) is 0 Å². The lowest BCUT2D eigenvalue weighted by Gasteiger charge is -2.10. The van der Waals surface area contributed by atoms with Crippen molar-refractivity contribution in [1.29, 1.82) is 0 Å². The Labute approximate surface area is 123 Å². The zero-order valence-electron chi connectivity index (χ0n) is 11.4. The maximum atomic E-state index is 11.8. The van der Waals surface area contributed by atoms with Crippen LogP contribution in [-0.4, -0.2) is 32.8 Å². The molecule has 0 aliphatic heterocycles. The molecule has 0 heterocycles. The highest BCUT2D eigenvalue weighted by Gasteiger charge is 2.16. The lowest BCUT2D eigenvalue weighted by atomic mass is 10.2. The first-order chi connectivity index (χ1) is 9.98. The number of benzene rings is 1. The van der Waals surface area contributed by atoms with E-state index in [2.05, 4.69) is 21.3 Å². The Kier molecular flexibility index (Phi) is 6.52. The van der Waals surface area contributed by atoms with Crippen LogP contribution in [0.4, 0.5) is 10.5 Å². The van der Waals surface area contributed by atoms with Crippen LogP contribution in [0.25, 0.3) is 0 Å². The quantitative estimate of drug-likeness (QED) is 0.698. The number of hydrogen-bond donors (Lipinski definition) is 3. The normalized spacial score (nSPS) is 10.2. The molecule has 0 radical (unpaired) electrons. The molecule has 8 heteroatoms. The lowest BCUT2D eigenvalue weighted by Crippen LogP contribution is -2.35. The summed E-state index contributed by atoms with van der Waals surface area (Å²) in [5, 5.41) is 8.67. The number of aliphatic hydroxyl groups excluding tert-OH is 1. The third-order valence-electron chi connectivity index (χ3n) is 2.12. The van der Waals surface area contributed by atoms with E-state index in [1.807, 2.05) is 0 Å². The number of carbonyl (C=O) groups is 1. The van der Waals surface area contributed by atoms with Crippen LogP contribution in [0.2, 0.25) is 0 Å². The number of carbonyl (C=O) groups excluding carboxylic acids is 1. The molecular weight excluding hydrogens is 296 g/mol. The molecule has 0 saturated carbocycles. The molecule has 3 N–H and O–H groups in total. The molecule has 0 bridgehead atoms. The second kappa shape index (κ2) is 8.14. The molecule has 7 nitrogen and oxygen atoms in total. The zero-order valence-corrected chi connectivity index (χ0v) is 12.2. The van der Waals surface area contributed by atoms with Gasteiger partial charge in [-0.05, 0) is 19.1 Å². The van der Waals surface area contributed by atoms with E-state index in [0.717, 1.165) is 0 Å². The summed E-state index contributed by atoms with van der Waals surface area (Å²) in [6, 6.07) is 6.44. The summed E-state index contributed by atoms with van der Waals surface area (Å²) in [6.07, 6.45) is -0.781. The van der Waals surface area contributed by atoms with Crippen LogP contribution < -0.4 is 9.44 Å². The Balaban J connectivity index is 2.88. The minimum absolute atomic E-state index is 0.0601. The van der Waals surface area contributed by atoms with Gasteiger partial charge in [0, 0.05) is 12.0 Å². The van der Waals surface area contributed by atoms with E-state index < -0.39 is 16.3 Å². The van der Waals surface area contributed by atoms with Crippen LogP contribution >= 0.6 is 0 Å². The summed E-state index contributed by atoms with van der Waals surface area (Å²) in [5.74, 6) is 5.43. The Hall–Kier alpha value is -2.24. The van der Waals surface area contributed by atoms with Gasteiger partial charge < -0.3 is 9.84 Å². The highest BCUT2D eigenvalue weighted by molar-refractivity contribution is 7.91. The van der Waals surface area contributed by atoms with Gasteiger partial charge in [-0.1, -0.05) is 24.0 Å². The number of nitrogens with one attached hydrogen (secondary N) is 2. The zero-order chi connectivity index (χ0) is 15.7. The van der Waals surface area contributed by atoms with Crippen LogP contribution in [-0.2, 0) is 14.9 Å². The fraction of sp³-hybridized carbons (Fsp3) is 0.308.